The Morgan fingerprint density at radius 2 is 1.79 bits per heavy atom. The first-order valence-corrected chi connectivity index (χ1v) is 7.92. The van der Waals surface area contributed by atoms with Crippen LogP contribution in [0.2, 0.25) is 0 Å². The predicted octanol–water partition coefficient (Wildman–Crippen LogP) is 5.19. The monoisotopic (exact) mass is 335 g/mol. The quantitative estimate of drug-likeness (QED) is 0.825. The van der Waals surface area contributed by atoms with Crippen molar-refractivity contribution in [1.29, 1.82) is 0 Å². The van der Waals surface area contributed by atoms with Crippen molar-refractivity contribution < 1.29 is 0 Å². The normalized spacial score (nSPS) is 12.4. The summed E-state index contributed by atoms with van der Waals surface area (Å²) in [5.74, 6) is 0. The predicted molar refractivity (Wildman–Crippen MR) is 86.9 cm³/mol. The summed E-state index contributed by atoms with van der Waals surface area (Å²) >= 11 is 5.45. The van der Waals surface area contributed by atoms with Gasteiger partial charge in [-0.3, -0.25) is 0 Å². The molecule has 2 aromatic carbocycles. The molecule has 0 aliphatic carbocycles. The van der Waals surface area contributed by atoms with Gasteiger partial charge in [0.2, 0.25) is 0 Å². The summed E-state index contributed by atoms with van der Waals surface area (Å²) in [5.41, 5.74) is 2.59. The Morgan fingerprint density at radius 1 is 1.11 bits per heavy atom. The third kappa shape index (κ3) is 3.85. The molecule has 0 saturated heterocycles. The second-order valence-corrected chi connectivity index (χ2v) is 6.59. The minimum Gasteiger partial charge on any atom is -0.313 e. The molecule has 0 amide bonds. The molecule has 0 heterocycles. The van der Waals surface area contributed by atoms with Gasteiger partial charge in [-0.15, -0.1) is 0 Å². The summed E-state index contributed by atoms with van der Waals surface area (Å²) in [4.78, 5) is 2.51. The van der Waals surface area contributed by atoms with E-state index in [1.165, 1.54) is 20.9 Å². The molecule has 0 fully saturated rings. The highest BCUT2D eigenvalue weighted by Crippen LogP contribution is 2.35. The van der Waals surface area contributed by atoms with E-state index in [1.807, 2.05) is 7.05 Å². The van der Waals surface area contributed by atoms with Crippen LogP contribution in [0.15, 0.2) is 56.7 Å². The first-order chi connectivity index (χ1) is 9.10. The Bertz CT molecular complexity index is 551. The van der Waals surface area contributed by atoms with E-state index < -0.39 is 0 Å². The van der Waals surface area contributed by atoms with E-state index in [9.17, 15) is 0 Å². The number of hydrogen-bond acceptors (Lipinski definition) is 2. The van der Waals surface area contributed by atoms with Gasteiger partial charge in [-0.1, -0.05) is 35.5 Å². The van der Waals surface area contributed by atoms with E-state index in [0.29, 0.717) is 6.04 Å². The molecular formula is C16H18BrNS. The summed E-state index contributed by atoms with van der Waals surface area (Å²) in [6.07, 6.45) is 0. The van der Waals surface area contributed by atoms with Crippen molar-refractivity contribution in [1.82, 2.24) is 5.32 Å². The van der Waals surface area contributed by atoms with E-state index in [1.54, 1.807) is 11.8 Å². The lowest BCUT2D eigenvalue weighted by molar-refractivity contribution is 0.651. The molecule has 0 saturated carbocycles. The summed E-state index contributed by atoms with van der Waals surface area (Å²) in [7, 11) is 1.98. The topological polar surface area (TPSA) is 12.0 Å². The van der Waals surface area contributed by atoms with Gasteiger partial charge in [0.05, 0.1) is 0 Å². The molecule has 2 aromatic rings. The lowest BCUT2D eigenvalue weighted by Gasteiger charge is -2.13. The van der Waals surface area contributed by atoms with Crippen LogP contribution in [-0.2, 0) is 0 Å². The summed E-state index contributed by atoms with van der Waals surface area (Å²) < 4.78 is 1.15. The summed E-state index contributed by atoms with van der Waals surface area (Å²) in [6.45, 7) is 4.27. The molecular weight excluding hydrogens is 318 g/mol. The molecule has 1 nitrogen and oxygen atoms in total. The maximum Gasteiger partial charge on any atom is 0.0318 e. The fourth-order valence-corrected chi connectivity index (χ4v) is 3.23. The molecule has 0 radical (unpaired) electrons. The molecule has 3 heteroatoms. The van der Waals surface area contributed by atoms with Crippen LogP contribution in [-0.4, -0.2) is 7.05 Å². The molecule has 0 bridgehead atoms. The van der Waals surface area contributed by atoms with Crippen LogP contribution in [0.3, 0.4) is 0 Å². The van der Waals surface area contributed by atoms with Crippen LogP contribution in [0.25, 0.3) is 0 Å². The van der Waals surface area contributed by atoms with Crippen molar-refractivity contribution in [2.75, 3.05) is 7.05 Å². The molecule has 1 unspecified atom stereocenters. The smallest absolute Gasteiger partial charge is 0.0318 e. The molecule has 0 aliphatic rings. The van der Waals surface area contributed by atoms with Gasteiger partial charge in [-0.25, -0.2) is 0 Å². The average Bonchev–Trinajstić information content (AvgIpc) is 2.42. The van der Waals surface area contributed by atoms with Crippen molar-refractivity contribution in [2.24, 2.45) is 0 Å². The maximum absolute atomic E-state index is 3.67. The SMILES string of the molecule is CNC(C)c1ccc(Sc2ccc(C)cc2)c(Br)c1. The van der Waals surface area contributed by atoms with Gasteiger partial charge in [0.25, 0.3) is 0 Å². The zero-order chi connectivity index (χ0) is 13.8. The molecule has 0 aliphatic heterocycles. The van der Waals surface area contributed by atoms with Gasteiger partial charge in [-0.2, -0.15) is 0 Å². The van der Waals surface area contributed by atoms with Crippen LogP contribution in [0.4, 0.5) is 0 Å². The second-order valence-electron chi connectivity index (χ2n) is 4.62. The lowest BCUT2D eigenvalue weighted by atomic mass is 10.1. The van der Waals surface area contributed by atoms with Gasteiger partial charge in [-0.05, 0) is 66.7 Å². The van der Waals surface area contributed by atoms with Crippen molar-refractivity contribution in [3.05, 3.63) is 58.1 Å². The van der Waals surface area contributed by atoms with Crippen molar-refractivity contribution >= 4 is 27.7 Å². The second kappa shape index (κ2) is 6.60. The number of rotatable bonds is 4. The number of aryl methyl sites for hydroxylation is 1. The maximum atomic E-state index is 3.67. The molecule has 0 spiro atoms. The van der Waals surface area contributed by atoms with E-state index in [2.05, 4.69) is 77.6 Å². The average molecular weight is 336 g/mol. The Labute approximate surface area is 127 Å². The fraction of sp³-hybridized carbons (Fsp3) is 0.250. The first kappa shape index (κ1) is 14.6. The molecule has 19 heavy (non-hydrogen) atoms. The van der Waals surface area contributed by atoms with Gasteiger partial charge < -0.3 is 5.32 Å². The van der Waals surface area contributed by atoms with E-state index in [-0.39, 0.29) is 0 Å². The highest BCUT2D eigenvalue weighted by molar-refractivity contribution is 9.10. The van der Waals surface area contributed by atoms with Crippen molar-refractivity contribution in [3.63, 3.8) is 0 Å². The van der Waals surface area contributed by atoms with Crippen LogP contribution < -0.4 is 5.32 Å². The Morgan fingerprint density at radius 3 is 2.37 bits per heavy atom. The molecule has 0 aromatic heterocycles. The highest BCUT2D eigenvalue weighted by Gasteiger charge is 2.07. The van der Waals surface area contributed by atoms with Crippen LogP contribution in [0.1, 0.15) is 24.1 Å². The Balaban J connectivity index is 2.19. The number of halogens is 1. The molecule has 1 atom stereocenters. The minimum absolute atomic E-state index is 0.370. The van der Waals surface area contributed by atoms with Crippen molar-refractivity contribution in [2.45, 2.75) is 29.7 Å². The van der Waals surface area contributed by atoms with Gasteiger partial charge in [0.15, 0.2) is 0 Å². The zero-order valence-corrected chi connectivity index (χ0v) is 13.8. The fourth-order valence-electron chi connectivity index (χ4n) is 1.77. The first-order valence-electron chi connectivity index (χ1n) is 6.31. The summed E-state index contributed by atoms with van der Waals surface area (Å²) in [6, 6.07) is 15.5. The Hall–Kier alpha value is -0.770. The Kier molecular flexibility index (Phi) is 5.08. The highest BCUT2D eigenvalue weighted by atomic mass is 79.9. The summed E-state index contributed by atoms with van der Waals surface area (Å²) in [5, 5.41) is 3.26. The largest absolute Gasteiger partial charge is 0.313 e. The lowest BCUT2D eigenvalue weighted by Crippen LogP contribution is -2.12. The van der Waals surface area contributed by atoms with E-state index in [0.717, 1.165) is 4.47 Å². The van der Waals surface area contributed by atoms with Crippen LogP contribution in [0, 0.1) is 6.92 Å². The minimum atomic E-state index is 0.370. The zero-order valence-electron chi connectivity index (χ0n) is 11.4. The standard InChI is InChI=1S/C16H18BrNS/c1-11-4-7-14(8-5-11)19-16-9-6-13(10-15(16)17)12(2)18-3/h4-10,12,18H,1-3H3. The van der Waals surface area contributed by atoms with Crippen LogP contribution in [0.5, 0.6) is 0 Å². The van der Waals surface area contributed by atoms with Gasteiger partial charge >= 0.3 is 0 Å². The number of hydrogen-bond donors (Lipinski definition) is 1. The third-order valence-electron chi connectivity index (χ3n) is 3.14. The van der Waals surface area contributed by atoms with Crippen molar-refractivity contribution in [3.8, 4) is 0 Å². The van der Waals surface area contributed by atoms with Gasteiger partial charge in [0.1, 0.15) is 0 Å². The van der Waals surface area contributed by atoms with E-state index in [4.69, 9.17) is 0 Å². The molecule has 2 rings (SSSR count). The number of nitrogens with one attached hydrogen (secondary N) is 1. The van der Waals surface area contributed by atoms with Gasteiger partial charge in [0, 0.05) is 20.3 Å². The van der Waals surface area contributed by atoms with E-state index >= 15 is 0 Å². The number of benzene rings is 2. The third-order valence-corrected chi connectivity index (χ3v) is 5.14. The molecule has 100 valence electrons. The van der Waals surface area contributed by atoms with Crippen LogP contribution >= 0.6 is 27.7 Å². The molecule has 1 N–H and O–H groups in total.